The molecule has 2 nitrogen and oxygen atoms in total. The van der Waals surface area contributed by atoms with E-state index in [1.54, 1.807) is 48.5 Å². The normalized spacial score (nSPS) is 11.4. The summed E-state index contributed by atoms with van der Waals surface area (Å²) >= 11 is 4.30. The molecule has 17 heavy (non-hydrogen) atoms. The second kappa shape index (κ2) is 5.23. The van der Waals surface area contributed by atoms with Crippen LogP contribution in [-0.4, -0.2) is 8.42 Å². The van der Waals surface area contributed by atoms with E-state index in [1.807, 2.05) is 0 Å². The lowest BCUT2D eigenvalue weighted by atomic mass is 10.4. The number of hydrogen-bond acceptors (Lipinski definition) is 2. The van der Waals surface area contributed by atoms with Gasteiger partial charge in [0.25, 0.3) is 0 Å². The molecule has 0 amide bonds. The fourth-order valence-electron chi connectivity index (χ4n) is 1.36. The highest BCUT2D eigenvalue weighted by atomic mass is 127. The van der Waals surface area contributed by atoms with Gasteiger partial charge in [-0.15, -0.1) is 0 Å². The van der Waals surface area contributed by atoms with Crippen LogP contribution in [0.4, 0.5) is 0 Å². The molecule has 0 bridgehead atoms. The van der Waals surface area contributed by atoms with Crippen molar-refractivity contribution in [1.82, 2.24) is 0 Å². The van der Waals surface area contributed by atoms with Crippen molar-refractivity contribution in [3.05, 3.63) is 55.7 Å². The zero-order valence-corrected chi connectivity index (χ0v) is 13.7. The van der Waals surface area contributed by atoms with E-state index >= 15 is 0 Å². The number of sulfone groups is 1. The van der Waals surface area contributed by atoms with E-state index in [0.717, 1.165) is 7.14 Å². The molecule has 0 aliphatic carbocycles. The van der Waals surface area contributed by atoms with Crippen LogP contribution >= 0.6 is 45.2 Å². The zero-order chi connectivity index (χ0) is 12.5. The monoisotopic (exact) mass is 470 g/mol. The Labute approximate surface area is 128 Å². The highest BCUT2D eigenvalue weighted by Gasteiger charge is 2.16. The summed E-state index contributed by atoms with van der Waals surface area (Å²) in [6, 6.07) is 13.7. The minimum absolute atomic E-state index is 0.333. The zero-order valence-electron chi connectivity index (χ0n) is 8.60. The highest BCUT2D eigenvalue weighted by molar-refractivity contribution is 14.1. The van der Waals surface area contributed by atoms with Crippen LogP contribution in [0.5, 0.6) is 0 Å². The lowest BCUT2D eigenvalue weighted by Crippen LogP contribution is -2.01. The van der Waals surface area contributed by atoms with E-state index < -0.39 is 9.84 Å². The minimum atomic E-state index is -3.38. The predicted molar refractivity (Wildman–Crippen MR) is 83.8 cm³/mol. The highest BCUT2D eigenvalue weighted by Crippen LogP contribution is 2.22. The van der Waals surface area contributed by atoms with Gasteiger partial charge >= 0.3 is 0 Å². The van der Waals surface area contributed by atoms with Crippen molar-refractivity contribution >= 4 is 55.0 Å². The summed E-state index contributed by atoms with van der Waals surface area (Å²) in [6.45, 7) is 0. The van der Waals surface area contributed by atoms with E-state index in [2.05, 4.69) is 45.2 Å². The lowest BCUT2D eigenvalue weighted by Gasteiger charge is -2.04. The molecule has 0 saturated heterocycles. The maximum Gasteiger partial charge on any atom is 0.206 e. The molecule has 88 valence electrons. The summed E-state index contributed by atoms with van der Waals surface area (Å²) in [4.78, 5) is 0.665. The van der Waals surface area contributed by atoms with E-state index in [-0.39, 0.29) is 0 Å². The maximum atomic E-state index is 12.3. The molecule has 0 radical (unpaired) electrons. The molecule has 0 unspecified atom stereocenters. The molecule has 0 saturated carbocycles. The van der Waals surface area contributed by atoms with Gasteiger partial charge in [0.05, 0.1) is 9.79 Å². The predicted octanol–water partition coefficient (Wildman–Crippen LogP) is 3.73. The number of hydrogen-bond donors (Lipinski definition) is 0. The Bertz CT molecular complexity index is 565. The van der Waals surface area contributed by atoms with Crippen LogP contribution in [-0.2, 0) is 9.84 Å². The standard InChI is InChI=1S/C12H8I2O2S/c13-9-1-5-11(6-2-9)17(15,16)12-7-3-10(14)4-8-12/h1-8H. The smallest absolute Gasteiger partial charge is 0.206 e. The Morgan fingerprint density at radius 2 is 0.941 bits per heavy atom. The van der Waals surface area contributed by atoms with Crippen LogP contribution in [0, 0.1) is 7.14 Å². The van der Waals surface area contributed by atoms with Crippen molar-refractivity contribution in [2.75, 3.05) is 0 Å². The molecule has 0 heterocycles. The third kappa shape index (κ3) is 3.00. The van der Waals surface area contributed by atoms with Crippen molar-refractivity contribution in [1.29, 1.82) is 0 Å². The molecule has 0 N–H and O–H groups in total. The molecule has 2 aromatic carbocycles. The number of halogens is 2. The largest absolute Gasteiger partial charge is 0.219 e. The first kappa shape index (κ1) is 13.3. The van der Waals surface area contributed by atoms with Crippen LogP contribution in [0.3, 0.4) is 0 Å². The fourth-order valence-corrected chi connectivity index (χ4v) is 3.34. The SMILES string of the molecule is O=S(=O)(c1ccc(I)cc1)c1ccc(I)cc1. The van der Waals surface area contributed by atoms with Crippen molar-refractivity contribution < 1.29 is 8.42 Å². The molecule has 0 spiro atoms. The van der Waals surface area contributed by atoms with E-state index in [0.29, 0.717) is 9.79 Å². The number of rotatable bonds is 2. The van der Waals surface area contributed by atoms with Crippen molar-refractivity contribution in [2.24, 2.45) is 0 Å². The average molecular weight is 470 g/mol. The third-order valence-corrected chi connectivity index (χ3v) is 5.47. The molecule has 0 aromatic heterocycles. The van der Waals surface area contributed by atoms with Gasteiger partial charge in [-0.05, 0) is 93.7 Å². The fraction of sp³-hybridized carbons (Fsp3) is 0. The van der Waals surface area contributed by atoms with Crippen molar-refractivity contribution in [2.45, 2.75) is 9.79 Å². The first-order valence-corrected chi connectivity index (χ1v) is 8.40. The quantitative estimate of drug-likeness (QED) is 0.628. The molecule has 2 rings (SSSR count). The third-order valence-electron chi connectivity index (χ3n) is 2.25. The van der Waals surface area contributed by atoms with Crippen LogP contribution in [0.1, 0.15) is 0 Å². The van der Waals surface area contributed by atoms with Crippen LogP contribution in [0.15, 0.2) is 58.3 Å². The number of benzene rings is 2. The average Bonchev–Trinajstić information content (AvgIpc) is 2.30. The van der Waals surface area contributed by atoms with Gasteiger partial charge in [-0.25, -0.2) is 8.42 Å². The summed E-state index contributed by atoms with van der Waals surface area (Å²) < 4.78 is 26.5. The molecule has 2 aromatic rings. The minimum Gasteiger partial charge on any atom is -0.219 e. The van der Waals surface area contributed by atoms with Crippen molar-refractivity contribution in [3.8, 4) is 0 Å². The molecule has 0 aliphatic rings. The molecule has 0 atom stereocenters. The maximum absolute atomic E-state index is 12.3. The van der Waals surface area contributed by atoms with Crippen LogP contribution in [0.2, 0.25) is 0 Å². The lowest BCUT2D eigenvalue weighted by molar-refractivity contribution is 0.596. The first-order valence-electron chi connectivity index (χ1n) is 4.76. The Morgan fingerprint density at radius 1 is 0.647 bits per heavy atom. The van der Waals surface area contributed by atoms with E-state index in [1.165, 1.54) is 0 Å². The summed E-state index contributed by atoms with van der Waals surface area (Å²) in [5.74, 6) is 0. The van der Waals surface area contributed by atoms with E-state index in [4.69, 9.17) is 0 Å². The molecule has 0 aliphatic heterocycles. The van der Waals surface area contributed by atoms with Gasteiger partial charge in [0, 0.05) is 7.14 Å². The second-order valence-electron chi connectivity index (χ2n) is 3.41. The van der Waals surface area contributed by atoms with Gasteiger partial charge in [-0.1, -0.05) is 0 Å². The summed E-state index contributed by atoms with van der Waals surface area (Å²) in [5.41, 5.74) is 0. The Morgan fingerprint density at radius 3 is 1.24 bits per heavy atom. The topological polar surface area (TPSA) is 34.1 Å². The Kier molecular flexibility index (Phi) is 4.09. The molecular weight excluding hydrogens is 462 g/mol. The summed E-state index contributed by atoms with van der Waals surface area (Å²) in [7, 11) is -3.38. The Balaban J connectivity index is 2.50. The van der Waals surface area contributed by atoms with Crippen LogP contribution < -0.4 is 0 Å². The van der Waals surface area contributed by atoms with Crippen LogP contribution in [0.25, 0.3) is 0 Å². The van der Waals surface area contributed by atoms with E-state index in [9.17, 15) is 8.42 Å². The Hall–Kier alpha value is -0.150. The first-order chi connectivity index (χ1) is 8.00. The second-order valence-corrected chi connectivity index (χ2v) is 7.85. The van der Waals surface area contributed by atoms with Gasteiger partial charge in [0.2, 0.25) is 9.84 Å². The van der Waals surface area contributed by atoms with Gasteiger partial charge in [0.1, 0.15) is 0 Å². The summed E-state index contributed by atoms with van der Waals surface area (Å²) in [5, 5.41) is 0. The van der Waals surface area contributed by atoms with Gasteiger partial charge in [-0.3, -0.25) is 0 Å². The molecule has 0 fully saturated rings. The van der Waals surface area contributed by atoms with Gasteiger partial charge in [0.15, 0.2) is 0 Å². The van der Waals surface area contributed by atoms with Crippen molar-refractivity contribution in [3.63, 3.8) is 0 Å². The molecule has 5 heteroatoms. The summed E-state index contributed by atoms with van der Waals surface area (Å²) in [6.07, 6.45) is 0. The molecular formula is C12H8I2O2S. The van der Waals surface area contributed by atoms with Gasteiger partial charge in [-0.2, -0.15) is 0 Å². The van der Waals surface area contributed by atoms with Gasteiger partial charge < -0.3 is 0 Å².